The summed E-state index contributed by atoms with van der Waals surface area (Å²) in [6.45, 7) is 8.93. The van der Waals surface area contributed by atoms with Gasteiger partial charge in [0.1, 0.15) is 0 Å². The fraction of sp³-hybridized carbons (Fsp3) is 0.545. The highest BCUT2D eigenvalue weighted by Gasteiger charge is 2.02. The normalized spacial score (nSPS) is 8.69. The second kappa shape index (κ2) is 13.6. The van der Waals surface area contributed by atoms with Crippen LogP contribution < -0.4 is 4.57 Å². The molecule has 16 heavy (non-hydrogen) atoms. The molecule has 0 spiro atoms. The lowest BCUT2D eigenvalue weighted by Crippen LogP contribution is -2.39. The number of aromatic nitrogens is 1. The Morgan fingerprint density at radius 3 is 1.81 bits per heavy atom. The van der Waals surface area contributed by atoms with E-state index < -0.39 is 0 Å². The lowest BCUT2D eigenvalue weighted by molar-refractivity contribution is -0.696. The average Bonchev–Trinajstić information content (AvgIpc) is 2.21. The van der Waals surface area contributed by atoms with Crippen LogP contribution in [0.25, 0.3) is 0 Å². The molecule has 0 saturated carbocycles. The number of likely N-dealkylation sites (N-methyl/N-ethyl adjacent to an activating group) is 1. The predicted molar refractivity (Wildman–Crippen MR) is 85.4 cm³/mol. The van der Waals surface area contributed by atoms with E-state index in [9.17, 15) is 0 Å². The molecule has 0 amide bonds. The number of halogens is 3. The van der Waals surface area contributed by atoms with E-state index in [1.165, 1.54) is 0 Å². The van der Waals surface area contributed by atoms with Gasteiger partial charge in [-0.05, 0) is 13.1 Å². The summed E-state index contributed by atoms with van der Waals surface area (Å²) in [6, 6.07) is 6.19. The maximum absolute atomic E-state index is 2.43. The van der Waals surface area contributed by atoms with Crippen LogP contribution in [0.4, 0.5) is 0 Å². The van der Waals surface area contributed by atoms with Gasteiger partial charge < -0.3 is 0 Å². The Morgan fingerprint density at radius 1 is 0.875 bits per heavy atom. The van der Waals surface area contributed by atoms with E-state index >= 15 is 0 Å². The third-order valence-corrected chi connectivity index (χ3v) is 2.35. The third kappa shape index (κ3) is 8.67. The Bertz CT molecular complexity index is 228. The van der Waals surface area contributed by atoms with Gasteiger partial charge in [-0.15, -0.1) is 50.9 Å². The molecule has 0 fully saturated rings. The van der Waals surface area contributed by atoms with E-state index in [1.807, 2.05) is 6.07 Å². The zero-order valence-corrected chi connectivity index (χ0v) is 15.0. The molecule has 96 valence electrons. The third-order valence-electron chi connectivity index (χ3n) is 2.35. The van der Waals surface area contributed by atoms with E-state index in [-0.39, 0.29) is 50.9 Å². The first-order valence-corrected chi connectivity index (χ1v) is 5.03. The lowest BCUT2D eigenvalue weighted by Gasteiger charge is -2.15. The van der Waals surface area contributed by atoms with Gasteiger partial charge in [0.2, 0.25) is 0 Å². The highest BCUT2D eigenvalue weighted by atomic mass is 79.9. The van der Waals surface area contributed by atoms with E-state index in [1.54, 1.807) is 0 Å². The van der Waals surface area contributed by atoms with Crippen molar-refractivity contribution in [2.45, 2.75) is 20.4 Å². The topological polar surface area (TPSA) is 7.12 Å². The Labute approximate surface area is 130 Å². The van der Waals surface area contributed by atoms with Gasteiger partial charge in [0.15, 0.2) is 18.9 Å². The zero-order valence-electron chi connectivity index (χ0n) is 9.83. The molecule has 1 heterocycles. The molecule has 0 aliphatic rings. The molecule has 0 bridgehead atoms. The van der Waals surface area contributed by atoms with Gasteiger partial charge in [0.25, 0.3) is 0 Å². The number of nitrogens with zero attached hydrogens (tertiary/aromatic N) is 2. The highest BCUT2D eigenvalue weighted by Crippen LogP contribution is 1.85. The van der Waals surface area contributed by atoms with Gasteiger partial charge in [-0.3, -0.25) is 4.90 Å². The van der Waals surface area contributed by atoms with E-state index in [0.717, 1.165) is 26.2 Å². The minimum absolute atomic E-state index is 0. The van der Waals surface area contributed by atoms with Crippen LogP contribution >= 0.6 is 50.9 Å². The average molecular weight is 422 g/mol. The molecule has 0 N–H and O–H groups in total. The molecule has 1 rings (SSSR count). The van der Waals surface area contributed by atoms with Crippen molar-refractivity contribution in [3.05, 3.63) is 30.6 Å². The molecule has 0 aliphatic heterocycles. The Hall–Kier alpha value is 0.550. The van der Waals surface area contributed by atoms with Crippen LogP contribution in [-0.4, -0.2) is 24.5 Å². The second-order valence-electron chi connectivity index (χ2n) is 3.14. The van der Waals surface area contributed by atoms with Crippen molar-refractivity contribution in [1.29, 1.82) is 0 Å². The molecule has 0 aromatic carbocycles. The maximum Gasteiger partial charge on any atom is 0.168 e. The minimum Gasteiger partial charge on any atom is -0.298 e. The van der Waals surface area contributed by atoms with Gasteiger partial charge in [-0.2, -0.15) is 0 Å². The molecule has 0 atom stereocenters. The number of hydrogen-bond donors (Lipinski definition) is 0. The summed E-state index contributed by atoms with van der Waals surface area (Å²) in [5.74, 6) is 0. The van der Waals surface area contributed by atoms with Crippen LogP contribution in [0.15, 0.2) is 30.6 Å². The molecule has 2 nitrogen and oxygen atoms in total. The SMILES string of the molecule is Br.Br.Br.CCN(CC)CC[n+]1ccccc1. The minimum atomic E-state index is 0. The van der Waals surface area contributed by atoms with Crippen molar-refractivity contribution in [2.24, 2.45) is 0 Å². The number of rotatable bonds is 5. The van der Waals surface area contributed by atoms with Crippen LogP contribution in [0.2, 0.25) is 0 Å². The largest absolute Gasteiger partial charge is 0.298 e. The van der Waals surface area contributed by atoms with Gasteiger partial charge in [0.05, 0.1) is 6.54 Å². The van der Waals surface area contributed by atoms with Gasteiger partial charge in [-0.1, -0.05) is 19.9 Å². The van der Waals surface area contributed by atoms with Crippen molar-refractivity contribution in [2.75, 3.05) is 19.6 Å². The molecule has 0 aliphatic carbocycles. The van der Waals surface area contributed by atoms with E-state index in [4.69, 9.17) is 0 Å². The number of pyridine rings is 1. The van der Waals surface area contributed by atoms with Gasteiger partial charge in [-0.25, -0.2) is 4.57 Å². The van der Waals surface area contributed by atoms with Crippen LogP contribution in [0.1, 0.15) is 13.8 Å². The molecule has 1 aromatic rings. The summed E-state index contributed by atoms with van der Waals surface area (Å²) in [6.07, 6.45) is 4.23. The van der Waals surface area contributed by atoms with E-state index in [0.29, 0.717) is 0 Å². The Morgan fingerprint density at radius 2 is 1.38 bits per heavy atom. The first kappa shape index (κ1) is 21.8. The summed E-state index contributed by atoms with van der Waals surface area (Å²) < 4.78 is 2.22. The van der Waals surface area contributed by atoms with Crippen molar-refractivity contribution >= 4 is 50.9 Å². The van der Waals surface area contributed by atoms with Crippen LogP contribution in [-0.2, 0) is 6.54 Å². The van der Waals surface area contributed by atoms with Crippen molar-refractivity contribution < 1.29 is 4.57 Å². The first-order chi connectivity index (χ1) is 6.36. The molecule has 0 unspecified atom stereocenters. The maximum atomic E-state index is 2.43. The molecular formula is C11H22Br3N2+. The monoisotopic (exact) mass is 419 g/mol. The smallest absolute Gasteiger partial charge is 0.168 e. The molecule has 0 radical (unpaired) electrons. The predicted octanol–water partition coefficient (Wildman–Crippen LogP) is 3.05. The summed E-state index contributed by atoms with van der Waals surface area (Å²) >= 11 is 0. The Balaban J connectivity index is -0.000000563. The standard InChI is InChI=1S/C11H19N2.3BrH/c1-3-12(4-2)10-11-13-8-6-5-7-9-13;;;/h5-9H,3-4,10-11H2,1-2H3;3*1H/q+1;;;. The zero-order chi connectivity index (χ0) is 9.52. The van der Waals surface area contributed by atoms with Crippen LogP contribution in [0, 0.1) is 0 Å². The molecular weight excluding hydrogens is 400 g/mol. The second-order valence-corrected chi connectivity index (χ2v) is 3.14. The molecule has 1 aromatic heterocycles. The molecule has 0 saturated heterocycles. The van der Waals surface area contributed by atoms with Gasteiger partial charge in [0, 0.05) is 12.1 Å². The summed E-state index contributed by atoms with van der Waals surface area (Å²) in [7, 11) is 0. The van der Waals surface area contributed by atoms with Gasteiger partial charge >= 0.3 is 0 Å². The Kier molecular flexibility index (Phi) is 18.5. The summed E-state index contributed by atoms with van der Waals surface area (Å²) in [4.78, 5) is 2.43. The van der Waals surface area contributed by atoms with Crippen LogP contribution in [0.5, 0.6) is 0 Å². The first-order valence-electron chi connectivity index (χ1n) is 5.03. The van der Waals surface area contributed by atoms with Crippen LogP contribution in [0.3, 0.4) is 0 Å². The van der Waals surface area contributed by atoms with Crippen molar-refractivity contribution in [3.63, 3.8) is 0 Å². The van der Waals surface area contributed by atoms with E-state index in [2.05, 4.69) is 47.8 Å². The number of hydrogen-bond acceptors (Lipinski definition) is 1. The summed E-state index contributed by atoms with van der Waals surface area (Å²) in [5, 5.41) is 0. The fourth-order valence-corrected chi connectivity index (χ4v) is 1.38. The van der Waals surface area contributed by atoms with Crippen molar-refractivity contribution in [1.82, 2.24) is 4.90 Å². The highest BCUT2D eigenvalue weighted by molar-refractivity contribution is 8.93. The van der Waals surface area contributed by atoms with Crippen molar-refractivity contribution in [3.8, 4) is 0 Å². The lowest BCUT2D eigenvalue weighted by atomic mass is 10.4. The quantitative estimate of drug-likeness (QED) is 0.663. The molecule has 5 heteroatoms. The summed E-state index contributed by atoms with van der Waals surface area (Å²) in [5.41, 5.74) is 0. The fourth-order valence-electron chi connectivity index (χ4n) is 1.38.